The molecule has 0 amide bonds. The Hall–Kier alpha value is -0.470. The predicted molar refractivity (Wildman–Crippen MR) is 98.7 cm³/mol. The van der Waals surface area contributed by atoms with Gasteiger partial charge in [0.2, 0.25) is 10.0 Å². The summed E-state index contributed by atoms with van der Waals surface area (Å²) >= 11 is 2.00. The third-order valence-electron chi connectivity index (χ3n) is 4.47. The van der Waals surface area contributed by atoms with Gasteiger partial charge in [0.25, 0.3) is 0 Å². The van der Waals surface area contributed by atoms with E-state index in [-0.39, 0.29) is 10.8 Å². The normalized spacial score (nSPS) is 29.9. The van der Waals surface area contributed by atoms with E-state index in [1.165, 1.54) is 24.9 Å². The van der Waals surface area contributed by atoms with Crippen LogP contribution in [0.3, 0.4) is 0 Å². The van der Waals surface area contributed by atoms with E-state index < -0.39 is 10.0 Å². The van der Waals surface area contributed by atoms with Gasteiger partial charge in [0.05, 0.1) is 12.8 Å². The van der Waals surface area contributed by atoms with E-state index >= 15 is 0 Å². The SMILES string of the molecule is CCNC(=NCC1(C)CCCS1)NC[C@H]1CCCN1S(C)(=O)=O. The number of rotatable bonds is 6. The smallest absolute Gasteiger partial charge is 0.211 e. The largest absolute Gasteiger partial charge is 0.357 e. The number of guanidine groups is 1. The van der Waals surface area contributed by atoms with Crippen LogP contribution in [0.15, 0.2) is 4.99 Å². The zero-order chi connectivity index (χ0) is 16.9. The number of thioether (sulfide) groups is 1. The third kappa shape index (κ3) is 5.53. The van der Waals surface area contributed by atoms with Crippen LogP contribution in [0.4, 0.5) is 0 Å². The van der Waals surface area contributed by atoms with Crippen molar-refractivity contribution in [1.29, 1.82) is 0 Å². The second-order valence-electron chi connectivity index (χ2n) is 6.65. The zero-order valence-electron chi connectivity index (χ0n) is 14.5. The fraction of sp³-hybridized carbons (Fsp3) is 0.933. The molecule has 2 fully saturated rings. The van der Waals surface area contributed by atoms with Gasteiger partial charge in [-0.15, -0.1) is 0 Å². The van der Waals surface area contributed by atoms with Crippen molar-refractivity contribution in [3.05, 3.63) is 0 Å². The second-order valence-corrected chi connectivity index (χ2v) is 10.3. The van der Waals surface area contributed by atoms with Gasteiger partial charge in [0.15, 0.2) is 5.96 Å². The van der Waals surface area contributed by atoms with Gasteiger partial charge in [0.1, 0.15) is 0 Å². The highest BCUT2D eigenvalue weighted by molar-refractivity contribution is 8.00. The van der Waals surface area contributed by atoms with E-state index in [0.717, 1.165) is 31.9 Å². The lowest BCUT2D eigenvalue weighted by Gasteiger charge is -2.24. The van der Waals surface area contributed by atoms with Gasteiger partial charge in [-0.3, -0.25) is 4.99 Å². The maximum atomic E-state index is 11.8. The van der Waals surface area contributed by atoms with Gasteiger partial charge in [-0.2, -0.15) is 16.1 Å². The third-order valence-corrected chi connectivity index (χ3v) is 7.33. The Morgan fingerprint density at radius 3 is 2.78 bits per heavy atom. The summed E-state index contributed by atoms with van der Waals surface area (Å²) in [5.41, 5.74) is 0. The predicted octanol–water partition coefficient (Wildman–Crippen LogP) is 1.25. The van der Waals surface area contributed by atoms with Crippen LogP contribution in [-0.4, -0.2) is 67.7 Å². The molecule has 0 bridgehead atoms. The van der Waals surface area contributed by atoms with Gasteiger partial charge in [-0.05, 0) is 45.3 Å². The molecule has 2 atom stereocenters. The molecule has 8 heteroatoms. The summed E-state index contributed by atoms with van der Waals surface area (Å²) in [7, 11) is -3.12. The number of hydrogen-bond acceptors (Lipinski definition) is 4. The Morgan fingerprint density at radius 1 is 1.39 bits per heavy atom. The van der Waals surface area contributed by atoms with E-state index in [0.29, 0.717) is 13.1 Å². The Bertz CT molecular complexity index is 516. The number of sulfonamides is 1. The summed E-state index contributed by atoms with van der Waals surface area (Å²) in [6.45, 7) is 7.17. The van der Waals surface area contributed by atoms with Crippen LogP contribution in [0.1, 0.15) is 39.5 Å². The quantitative estimate of drug-likeness (QED) is 0.549. The highest BCUT2D eigenvalue weighted by Gasteiger charge is 2.32. The molecular weight excluding hydrogens is 332 g/mol. The summed E-state index contributed by atoms with van der Waals surface area (Å²) in [6, 6.07) is 0.0327. The van der Waals surface area contributed by atoms with Crippen molar-refractivity contribution < 1.29 is 8.42 Å². The molecule has 2 rings (SSSR count). The van der Waals surface area contributed by atoms with Crippen LogP contribution in [-0.2, 0) is 10.0 Å². The summed E-state index contributed by atoms with van der Waals surface area (Å²) in [4.78, 5) is 4.72. The molecule has 2 heterocycles. The topological polar surface area (TPSA) is 73.8 Å². The first-order chi connectivity index (χ1) is 10.8. The van der Waals surface area contributed by atoms with Crippen molar-refractivity contribution >= 4 is 27.7 Å². The van der Waals surface area contributed by atoms with Crippen molar-refractivity contribution in [2.45, 2.75) is 50.3 Å². The molecule has 6 nitrogen and oxygen atoms in total. The van der Waals surface area contributed by atoms with Crippen LogP contribution in [0.5, 0.6) is 0 Å². The van der Waals surface area contributed by atoms with Crippen LogP contribution in [0.2, 0.25) is 0 Å². The molecule has 0 spiro atoms. The highest BCUT2D eigenvalue weighted by Crippen LogP contribution is 2.37. The van der Waals surface area contributed by atoms with Crippen molar-refractivity contribution in [3.8, 4) is 0 Å². The van der Waals surface area contributed by atoms with Gasteiger partial charge in [-0.25, -0.2) is 8.42 Å². The van der Waals surface area contributed by atoms with Gasteiger partial charge >= 0.3 is 0 Å². The molecule has 0 radical (unpaired) electrons. The van der Waals surface area contributed by atoms with Gasteiger partial charge in [0, 0.05) is 30.4 Å². The maximum absolute atomic E-state index is 11.8. The lowest BCUT2D eigenvalue weighted by atomic mass is 10.1. The summed E-state index contributed by atoms with van der Waals surface area (Å²) < 4.78 is 25.5. The molecule has 2 N–H and O–H groups in total. The summed E-state index contributed by atoms with van der Waals surface area (Å²) in [6.07, 6.45) is 5.62. The van der Waals surface area contributed by atoms with Crippen LogP contribution >= 0.6 is 11.8 Å². The minimum Gasteiger partial charge on any atom is -0.357 e. The van der Waals surface area contributed by atoms with E-state index in [9.17, 15) is 8.42 Å². The number of nitrogens with one attached hydrogen (secondary N) is 2. The summed E-state index contributed by atoms with van der Waals surface area (Å²) in [5.74, 6) is 2.02. The molecule has 1 unspecified atom stereocenters. The fourth-order valence-corrected chi connectivity index (χ4v) is 5.62. The first-order valence-electron chi connectivity index (χ1n) is 8.47. The minimum atomic E-state index is -3.12. The molecule has 0 saturated carbocycles. The number of hydrogen-bond donors (Lipinski definition) is 2. The standard InChI is InChI=1S/C15H30N4O2S2/c1-4-16-14(18-12-15(2)8-6-10-22-15)17-11-13-7-5-9-19(13)23(3,20)21/h13H,4-12H2,1-3H3,(H2,16,17,18)/t13-,15?/m1/s1. The van der Waals surface area contributed by atoms with Gasteiger partial charge < -0.3 is 10.6 Å². The lowest BCUT2D eigenvalue weighted by molar-refractivity contribution is 0.387. The number of nitrogens with zero attached hydrogens (tertiary/aromatic N) is 2. The van der Waals surface area contributed by atoms with Crippen molar-refractivity contribution in [2.24, 2.45) is 4.99 Å². The highest BCUT2D eigenvalue weighted by atomic mass is 32.2. The molecule has 2 saturated heterocycles. The molecule has 134 valence electrons. The molecule has 0 aromatic carbocycles. The Labute approximate surface area is 144 Å². The Balaban J connectivity index is 1.91. The molecule has 0 aliphatic carbocycles. The average molecular weight is 363 g/mol. The average Bonchev–Trinajstić information content (AvgIpc) is 3.11. The first-order valence-corrected chi connectivity index (χ1v) is 11.3. The van der Waals surface area contributed by atoms with E-state index in [4.69, 9.17) is 4.99 Å². The zero-order valence-corrected chi connectivity index (χ0v) is 16.1. The number of aliphatic imine (C=N–C) groups is 1. The Morgan fingerprint density at radius 2 is 2.17 bits per heavy atom. The van der Waals surface area contributed by atoms with Crippen molar-refractivity contribution in [2.75, 3.05) is 38.2 Å². The molecule has 2 aliphatic heterocycles. The second kappa shape index (κ2) is 8.07. The van der Waals surface area contributed by atoms with Gasteiger partial charge in [-0.1, -0.05) is 0 Å². The molecule has 0 aromatic rings. The van der Waals surface area contributed by atoms with E-state index in [1.807, 2.05) is 18.7 Å². The molecular formula is C15H30N4O2S2. The maximum Gasteiger partial charge on any atom is 0.211 e. The van der Waals surface area contributed by atoms with E-state index in [2.05, 4.69) is 17.6 Å². The van der Waals surface area contributed by atoms with Crippen molar-refractivity contribution in [1.82, 2.24) is 14.9 Å². The lowest BCUT2D eigenvalue weighted by Crippen LogP contribution is -2.46. The fourth-order valence-electron chi connectivity index (χ4n) is 3.21. The minimum absolute atomic E-state index is 0.0327. The van der Waals surface area contributed by atoms with Crippen LogP contribution in [0, 0.1) is 0 Å². The summed E-state index contributed by atoms with van der Waals surface area (Å²) in [5, 5.41) is 6.59. The molecule has 23 heavy (non-hydrogen) atoms. The molecule has 2 aliphatic rings. The van der Waals surface area contributed by atoms with Crippen LogP contribution < -0.4 is 10.6 Å². The van der Waals surface area contributed by atoms with E-state index in [1.54, 1.807) is 4.31 Å². The van der Waals surface area contributed by atoms with Crippen LogP contribution in [0.25, 0.3) is 0 Å². The monoisotopic (exact) mass is 362 g/mol. The van der Waals surface area contributed by atoms with Crippen molar-refractivity contribution in [3.63, 3.8) is 0 Å². The molecule has 0 aromatic heterocycles. The Kier molecular flexibility index (Phi) is 6.62. The first kappa shape index (κ1) is 18.9.